The molecule has 2 heterocycles. The van der Waals surface area contributed by atoms with Gasteiger partial charge in [0, 0.05) is 50.5 Å². The lowest BCUT2D eigenvalue weighted by atomic mass is 10.2. The van der Waals surface area contributed by atoms with Crippen molar-refractivity contribution in [3.05, 3.63) is 42.2 Å². The van der Waals surface area contributed by atoms with Gasteiger partial charge >= 0.3 is 0 Å². The van der Waals surface area contributed by atoms with Crippen LogP contribution < -0.4 is 10.0 Å². The van der Waals surface area contributed by atoms with E-state index < -0.39 is 10.0 Å². The zero-order valence-electron chi connectivity index (χ0n) is 15.6. The van der Waals surface area contributed by atoms with Crippen LogP contribution in [0.3, 0.4) is 0 Å². The molecule has 1 atom stereocenters. The van der Waals surface area contributed by atoms with Crippen molar-refractivity contribution in [3.63, 3.8) is 0 Å². The van der Waals surface area contributed by atoms with Gasteiger partial charge in [0.05, 0.1) is 11.0 Å². The quantitative estimate of drug-likeness (QED) is 0.466. The van der Waals surface area contributed by atoms with Crippen LogP contribution in [0.2, 0.25) is 0 Å². The molecule has 2 aromatic rings. The largest absolute Gasteiger partial charge is 0.377 e. The number of aromatic nitrogens is 2. The Morgan fingerprint density at radius 2 is 2.14 bits per heavy atom. The molecule has 0 radical (unpaired) electrons. The number of imidazole rings is 1. The minimum atomic E-state index is -3.61. The van der Waals surface area contributed by atoms with Gasteiger partial charge < -0.3 is 14.6 Å². The molecule has 0 spiro atoms. The fraction of sp³-hybridized carbons (Fsp3) is 0.444. The van der Waals surface area contributed by atoms with Crippen LogP contribution in [0.5, 0.6) is 0 Å². The third-order valence-corrected chi connectivity index (χ3v) is 6.85. The standard InChI is InChI=1S/C18H24N4O4S2/c1-22-10-8-20-18(22)27-12-9-19-17(23)14-4-6-16(7-5-14)28(24,25)21-13-15-3-2-11-26-15/h4-8,10,15,21H,2-3,9,11-13H2,1H3,(H,19,23)/t15-/m1/s1. The minimum absolute atomic E-state index is 0.0662. The first-order valence-corrected chi connectivity index (χ1v) is 11.5. The molecule has 0 unspecified atom stereocenters. The monoisotopic (exact) mass is 424 g/mol. The number of ether oxygens (including phenoxy) is 1. The fourth-order valence-corrected chi connectivity index (χ4v) is 4.63. The van der Waals surface area contributed by atoms with Gasteiger partial charge in [-0.1, -0.05) is 11.8 Å². The van der Waals surface area contributed by atoms with E-state index in [9.17, 15) is 13.2 Å². The Labute approximate surface area is 169 Å². The van der Waals surface area contributed by atoms with E-state index in [2.05, 4.69) is 15.0 Å². The number of hydrogen-bond donors (Lipinski definition) is 2. The summed E-state index contributed by atoms with van der Waals surface area (Å²) in [5, 5.41) is 3.71. The number of carbonyl (C=O) groups is 1. The highest BCUT2D eigenvalue weighted by Gasteiger charge is 2.20. The average Bonchev–Trinajstić information content (AvgIpc) is 3.35. The molecule has 0 aliphatic carbocycles. The number of carbonyl (C=O) groups excluding carboxylic acids is 1. The molecule has 1 aromatic heterocycles. The van der Waals surface area contributed by atoms with E-state index in [1.807, 2.05) is 17.8 Å². The van der Waals surface area contributed by atoms with Crippen LogP contribution in [0.25, 0.3) is 0 Å². The summed E-state index contributed by atoms with van der Waals surface area (Å²) in [4.78, 5) is 16.5. The van der Waals surface area contributed by atoms with Crippen molar-refractivity contribution >= 4 is 27.7 Å². The third kappa shape index (κ3) is 5.57. The van der Waals surface area contributed by atoms with Crippen LogP contribution >= 0.6 is 11.8 Å². The van der Waals surface area contributed by atoms with E-state index >= 15 is 0 Å². The molecule has 1 amide bonds. The van der Waals surface area contributed by atoms with Crippen molar-refractivity contribution in [3.8, 4) is 0 Å². The summed E-state index contributed by atoms with van der Waals surface area (Å²) in [6, 6.07) is 5.91. The van der Waals surface area contributed by atoms with Gasteiger partial charge in [0.25, 0.3) is 5.91 Å². The van der Waals surface area contributed by atoms with Gasteiger partial charge in [-0.2, -0.15) is 0 Å². The van der Waals surface area contributed by atoms with Gasteiger partial charge in [0.15, 0.2) is 5.16 Å². The number of hydrogen-bond acceptors (Lipinski definition) is 6. The van der Waals surface area contributed by atoms with Gasteiger partial charge in [0.2, 0.25) is 10.0 Å². The van der Waals surface area contributed by atoms with E-state index in [-0.39, 0.29) is 23.5 Å². The highest BCUT2D eigenvalue weighted by Crippen LogP contribution is 2.15. The Hall–Kier alpha value is -1.88. The number of rotatable bonds is 9. The SMILES string of the molecule is Cn1ccnc1SCCNC(=O)c1ccc(S(=O)(=O)NC[C@H]2CCCO2)cc1. The molecule has 1 fully saturated rings. The van der Waals surface area contributed by atoms with Crippen LogP contribution in [0.15, 0.2) is 46.7 Å². The number of aryl methyl sites for hydroxylation is 1. The Morgan fingerprint density at radius 1 is 1.36 bits per heavy atom. The second-order valence-electron chi connectivity index (χ2n) is 6.44. The van der Waals surface area contributed by atoms with Crippen molar-refractivity contribution in [1.82, 2.24) is 19.6 Å². The molecule has 1 aliphatic rings. The first kappa shape index (κ1) is 20.8. The van der Waals surface area contributed by atoms with E-state index in [0.717, 1.165) is 18.0 Å². The summed E-state index contributed by atoms with van der Waals surface area (Å²) < 4.78 is 34.6. The normalized spacial score (nSPS) is 17.0. The van der Waals surface area contributed by atoms with Gasteiger partial charge in [-0.05, 0) is 37.1 Å². The van der Waals surface area contributed by atoms with Crippen LogP contribution in [0, 0.1) is 0 Å². The maximum Gasteiger partial charge on any atom is 0.251 e. The van der Waals surface area contributed by atoms with E-state index in [0.29, 0.717) is 24.5 Å². The number of benzene rings is 1. The topological polar surface area (TPSA) is 102 Å². The highest BCUT2D eigenvalue weighted by molar-refractivity contribution is 7.99. The Kier molecular flexibility index (Phi) is 7.11. The molecule has 152 valence electrons. The lowest BCUT2D eigenvalue weighted by Gasteiger charge is -2.11. The van der Waals surface area contributed by atoms with Crippen molar-refractivity contribution in [2.75, 3.05) is 25.4 Å². The summed E-state index contributed by atoms with van der Waals surface area (Å²) in [7, 11) is -1.70. The van der Waals surface area contributed by atoms with Crippen molar-refractivity contribution in [2.24, 2.45) is 7.05 Å². The maximum atomic E-state index is 12.3. The summed E-state index contributed by atoms with van der Waals surface area (Å²) in [5.41, 5.74) is 0.417. The van der Waals surface area contributed by atoms with E-state index in [1.54, 1.807) is 18.0 Å². The molecule has 28 heavy (non-hydrogen) atoms. The van der Waals surface area contributed by atoms with Gasteiger partial charge in [-0.3, -0.25) is 4.79 Å². The molecular formula is C18H24N4O4S2. The van der Waals surface area contributed by atoms with Crippen molar-refractivity contribution in [1.29, 1.82) is 0 Å². The predicted octanol–water partition coefficient (Wildman–Crippen LogP) is 1.40. The highest BCUT2D eigenvalue weighted by atomic mass is 32.2. The van der Waals surface area contributed by atoms with Crippen LogP contribution in [0.4, 0.5) is 0 Å². The van der Waals surface area contributed by atoms with Crippen LogP contribution in [-0.2, 0) is 21.8 Å². The van der Waals surface area contributed by atoms with Crippen molar-refractivity contribution in [2.45, 2.75) is 29.0 Å². The first-order chi connectivity index (χ1) is 13.5. The zero-order chi connectivity index (χ0) is 20.0. The molecule has 1 saturated heterocycles. The average molecular weight is 425 g/mol. The second-order valence-corrected chi connectivity index (χ2v) is 9.27. The molecule has 2 N–H and O–H groups in total. The molecule has 1 aliphatic heterocycles. The number of nitrogens with zero attached hydrogens (tertiary/aromatic N) is 2. The Balaban J connectivity index is 1.47. The number of sulfonamides is 1. The van der Waals surface area contributed by atoms with Gasteiger partial charge in [-0.25, -0.2) is 18.1 Å². The van der Waals surface area contributed by atoms with E-state index in [4.69, 9.17) is 4.74 Å². The Bertz CT molecular complexity index is 891. The molecule has 1 aromatic carbocycles. The molecular weight excluding hydrogens is 400 g/mol. The summed E-state index contributed by atoms with van der Waals surface area (Å²) in [6.07, 6.45) is 5.35. The molecule has 0 bridgehead atoms. The number of amides is 1. The van der Waals surface area contributed by atoms with E-state index in [1.165, 1.54) is 24.3 Å². The fourth-order valence-electron chi connectivity index (χ4n) is 2.78. The predicted molar refractivity (Wildman–Crippen MR) is 107 cm³/mol. The number of nitrogens with one attached hydrogen (secondary N) is 2. The first-order valence-electron chi connectivity index (χ1n) is 9.05. The smallest absolute Gasteiger partial charge is 0.251 e. The van der Waals surface area contributed by atoms with Gasteiger partial charge in [-0.15, -0.1) is 0 Å². The Morgan fingerprint density at radius 3 is 2.79 bits per heavy atom. The van der Waals surface area contributed by atoms with Gasteiger partial charge in [0.1, 0.15) is 0 Å². The molecule has 10 heteroatoms. The van der Waals surface area contributed by atoms with Crippen molar-refractivity contribution < 1.29 is 17.9 Å². The lowest BCUT2D eigenvalue weighted by molar-refractivity contribution is 0.0956. The zero-order valence-corrected chi connectivity index (χ0v) is 17.3. The maximum absolute atomic E-state index is 12.3. The molecule has 3 rings (SSSR count). The number of thioether (sulfide) groups is 1. The molecule has 0 saturated carbocycles. The molecule has 8 nitrogen and oxygen atoms in total. The second kappa shape index (κ2) is 9.55. The van der Waals surface area contributed by atoms with Crippen LogP contribution in [0.1, 0.15) is 23.2 Å². The summed E-state index contributed by atoms with van der Waals surface area (Å²) >= 11 is 1.55. The minimum Gasteiger partial charge on any atom is -0.377 e. The lowest BCUT2D eigenvalue weighted by Crippen LogP contribution is -2.32. The summed E-state index contributed by atoms with van der Waals surface area (Å²) in [6.45, 7) is 1.42. The third-order valence-electron chi connectivity index (χ3n) is 4.35. The summed E-state index contributed by atoms with van der Waals surface area (Å²) in [5.74, 6) is 0.452. The van der Waals surface area contributed by atoms with Crippen LogP contribution in [-0.4, -0.2) is 55.4 Å².